The number of aliphatic hydroxyl groups is 1. The van der Waals surface area contributed by atoms with E-state index in [0.717, 1.165) is 12.8 Å². The van der Waals surface area contributed by atoms with Crippen molar-refractivity contribution in [1.82, 2.24) is 4.90 Å². The topological polar surface area (TPSA) is 49.5 Å². The maximum Gasteiger partial charge on any atom is 0.0558 e. The lowest BCUT2D eigenvalue weighted by atomic mass is 9.96. The molecule has 0 radical (unpaired) electrons. The molecule has 0 saturated heterocycles. The third-order valence-electron chi connectivity index (χ3n) is 2.47. The van der Waals surface area contributed by atoms with Gasteiger partial charge in [0, 0.05) is 18.6 Å². The van der Waals surface area contributed by atoms with Crippen molar-refractivity contribution in [3.63, 3.8) is 0 Å². The van der Waals surface area contributed by atoms with E-state index >= 15 is 0 Å². The minimum absolute atomic E-state index is 0.212. The molecule has 1 rings (SSSR count). The highest BCUT2D eigenvalue weighted by atomic mass is 16.3. The van der Waals surface area contributed by atoms with Gasteiger partial charge in [0.05, 0.1) is 6.61 Å². The molecule has 0 bridgehead atoms. The molecule has 0 aromatic heterocycles. The maximum atomic E-state index is 8.75. The first-order valence-electron chi connectivity index (χ1n) is 4.47. The van der Waals surface area contributed by atoms with E-state index in [-0.39, 0.29) is 12.6 Å². The molecule has 12 heavy (non-hydrogen) atoms. The Kier molecular flexibility index (Phi) is 3.72. The number of nitrogens with two attached hydrogens (primary N) is 1. The lowest BCUT2D eigenvalue weighted by Gasteiger charge is -2.33. The van der Waals surface area contributed by atoms with Crippen LogP contribution in [0, 0.1) is 0 Å². The molecular formula is C9H18N2O. The summed E-state index contributed by atoms with van der Waals surface area (Å²) >= 11 is 0. The van der Waals surface area contributed by atoms with E-state index in [9.17, 15) is 0 Å². The molecule has 1 aliphatic carbocycles. The molecule has 0 amide bonds. The Bertz CT molecular complexity index is 159. The van der Waals surface area contributed by atoms with Gasteiger partial charge in [0.25, 0.3) is 0 Å². The van der Waals surface area contributed by atoms with E-state index in [4.69, 9.17) is 10.8 Å². The molecule has 1 aliphatic rings. The molecule has 0 aliphatic heterocycles. The predicted octanol–water partition coefficient (Wildman–Crippen LogP) is -0.0436. The molecule has 0 heterocycles. The Balaban J connectivity index is 2.43. The van der Waals surface area contributed by atoms with E-state index < -0.39 is 0 Å². The fourth-order valence-electron chi connectivity index (χ4n) is 1.65. The van der Waals surface area contributed by atoms with Crippen LogP contribution in [0.3, 0.4) is 0 Å². The van der Waals surface area contributed by atoms with Crippen LogP contribution in [0.2, 0.25) is 0 Å². The first-order valence-corrected chi connectivity index (χ1v) is 4.47. The lowest BCUT2D eigenvalue weighted by Crippen LogP contribution is -2.47. The van der Waals surface area contributed by atoms with Crippen molar-refractivity contribution in [3.05, 3.63) is 12.2 Å². The second kappa shape index (κ2) is 4.60. The van der Waals surface area contributed by atoms with Gasteiger partial charge in [-0.3, -0.25) is 4.90 Å². The zero-order chi connectivity index (χ0) is 8.97. The van der Waals surface area contributed by atoms with Crippen LogP contribution >= 0.6 is 0 Å². The Morgan fingerprint density at radius 2 is 2.17 bits per heavy atom. The maximum absolute atomic E-state index is 8.75. The minimum Gasteiger partial charge on any atom is -0.395 e. The Morgan fingerprint density at radius 3 is 2.75 bits per heavy atom. The smallest absolute Gasteiger partial charge is 0.0558 e. The predicted molar refractivity (Wildman–Crippen MR) is 49.9 cm³/mol. The van der Waals surface area contributed by atoms with Crippen LogP contribution in [0.4, 0.5) is 0 Å². The molecule has 2 atom stereocenters. The SMILES string of the molecule is CN(CCO)C1CC=CCC1N. The molecule has 3 N–H and O–H groups in total. The Labute approximate surface area is 73.9 Å². The molecular weight excluding hydrogens is 152 g/mol. The number of hydrogen-bond donors (Lipinski definition) is 2. The Hall–Kier alpha value is -0.380. The fraction of sp³-hybridized carbons (Fsp3) is 0.778. The number of aliphatic hydroxyl groups excluding tert-OH is 1. The summed E-state index contributed by atoms with van der Waals surface area (Å²) in [5.41, 5.74) is 5.94. The van der Waals surface area contributed by atoms with Gasteiger partial charge in [-0.1, -0.05) is 12.2 Å². The van der Waals surface area contributed by atoms with Gasteiger partial charge >= 0.3 is 0 Å². The van der Waals surface area contributed by atoms with Gasteiger partial charge in [-0.2, -0.15) is 0 Å². The molecule has 70 valence electrons. The van der Waals surface area contributed by atoms with E-state index in [1.807, 2.05) is 7.05 Å². The lowest BCUT2D eigenvalue weighted by molar-refractivity contribution is 0.160. The fourth-order valence-corrected chi connectivity index (χ4v) is 1.65. The van der Waals surface area contributed by atoms with Crippen molar-refractivity contribution in [2.45, 2.75) is 24.9 Å². The molecule has 0 fully saturated rings. The van der Waals surface area contributed by atoms with Crippen molar-refractivity contribution >= 4 is 0 Å². The van der Waals surface area contributed by atoms with Crippen molar-refractivity contribution in [1.29, 1.82) is 0 Å². The van der Waals surface area contributed by atoms with E-state index in [2.05, 4.69) is 17.1 Å². The first kappa shape index (κ1) is 9.71. The minimum atomic E-state index is 0.212. The zero-order valence-electron chi connectivity index (χ0n) is 7.61. The molecule has 3 nitrogen and oxygen atoms in total. The van der Waals surface area contributed by atoms with Crippen LogP contribution in [0.1, 0.15) is 12.8 Å². The number of likely N-dealkylation sites (N-methyl/N-ethyl adjacent to an activating group) is 1. The standard InChI is InChI=1S/C9H18N2O/c1-11(6-7-12)9-5-3-2-4-8(9)10/h2-3,8-9,12H,4-7,10H2,1H3. The molecule has 0 aromatic rings. The summed E-state index contributed by atoms with van der Waals surface area (Å²) < 4.78 is 0. The molecule has 0 spiro atoms. The second-order valence-corrected chi connectivity index (χ2v) is 3.38. The number of rotatable bonds is 3. The summed E-state index contributed by atoms with van der Waals surface area (Å²) in [7, 11) is 2.01. The first-order chi connectivity index (χ1) is 5.75. The van der Waals surface area contributed by atoms with Gasteiger partial charge in [-0.25, -0.2) is 0 Å². The van der Waals surface area contributed by atoms with Crippen LogP contribution in [0.25, 0.3) is 0 Å². The molecule has 3 heteroatoms. The molecule has 2 unspecified atom stereocenters. The van der Waals surface area contributed by atoms with E-state index in [0.29, 0.717) is 12.6 Å². The second-order valence-electron chi connectivity index (χ2n) is 3.38. The van der Waals surface area contributed by atoms with Gasteiger partial charge in [0.1, 0.15) is 0 Å². The summed E-state index contributed by atoms with van der Waals surface area (Å²) in [6.07, 6.45) is 6.27. The number of hydrogen-bond acceptors (Lipinski definition) is 3. The van der Waals surface area contributed by atoms with Gasteiger partial charge in [0.15, 0.2) is 0 Å². The van der Waals surface area contributed by atoms with Crippen molar-refractivity contribution in [2.24, 2.45) is 5.73 Å². The van der Waals surface area contributed by atoms with E-state index in [1.165, 1.54) is 0 Å². The highest BCUT2D eigenvalue weighted by Gasteiger charge is 2.21. The van der Waals surface area contributed by atoms with Crippen LogP contribution < -0.4 is 5.73 Å². The Morgan fingerprint density at radius 1 is 1.50 bits per heavy atom. The quantitative estimate of drug-likeness (QED) is 0.584. The average Bonchev–Trinajstić information content (AvgIpc) is 2.05. The van der Waals surface area contributed by atoms with Crippen LogP contribution in [-0.2, 0) is 0 Å². The number of nitrogens with zero attached hydrogens (tertiary/aromatic N) is 1. The van der Waals surface area contributed by atoms with Gasteiger partial charge < -0.3 is 10.8 Å². The highest BCUT2D eigenvalue weighted by molar-refractivity contribution is 5.00. The average molecular weight is 170 g/mol. The third-order valence-corrected chi connectivity index (χ3v) is 2.47. The summed E-state index contributed by atoms with van der Waals surface area (Å²) in [6, 6.07) is 0.633. The van der Waals surface area contributed by atoms with Gasteiger partial charge in [-0.15, -0.1) is 0 Å². The highest BCUT2D eigenvalue weighted by Crippen LogP contribution is 2.14. The van der Waals surface area contributed by atoms with Crippen LogP contribution in [0.5, 0.6) is 0 Å². The summed E-state index contributed by atoms with van der Waals surface area (Å²) in [5.74, 6) is 0. The molecule has 0 aromatic carbocycles. The van der Waals surface area contributed by atoms with Crippen molar-refractivity contribution < 1.29 is 5.11 Å². The molecule has 0 saturated carbocycles. The summed E-state index contributed by atoms with van der Waals surface area (Å²) in [4.78, 5) is 2.13. The van der Waals surface area contributed by atoms with Gasteiger partial charge in [-0.05, 0) is 19.9 Å². The summed E-state index contributed by atoms with van der Waals surface area (Å²) in [6.45, 7) is 0.926. The normalized spacial score (nSPS) is 29.7. The monoisotopic (exact) mass is 170 g/mol. The van der Waals surface area contributed by atoms with E-state index in [1.54, 1.807) is 0 Å². The third kappa shape index (κ3) is 2.30. The van der Waals surface area contributed by atoms with Crippen molar-refractivity contribution in [2.75, 3.05) is 20.2 Å². The van der Waals surface area contributed by atoms with Gasteiger partial charge in [0.2, 0.25) is 0 Å². The van der Waals surface area contributed by atoms with Crippen LogP contribution in [0.15, 0.2) is 12.2 Å². The van der Waals surface area contributed by atoms with Crippen molar-refractivity contribution in [3.8, 4) is 0 Å². The zero-order valence-corrected chi connectivity index (χ0v) is 7.61. The van der Waals surface area contributed by atoms with Crippen LogP contribution in [-0.4, -0.2) is 42.3 Å². The largest absolute Gasteiger partial charge is 0.395 e. The summed E-state index contributed by atoms with van der Waals surface area (Å²) in [5, 5.41) is 8.75.